The average molecular weight is 1200 g/mol. The number of hydrogen-bond acceptors (Lipinski definition) is 18. The first-order valence-corrected chi connectivity index (χ1v) is 30.7. The fourth-order valence-electron chi connectivity index (χ4n) is 11.3. The van der Waals surface area contributed by atoms with Crippen LogP contribution in [0.25, 0.3) is 16.7 Å². The van der Waals surface area contributed by atoms with Crippen molar-refractivity contribution < 1.29 is 84.7 Å². The molecule has 8 atom stereocenters. The lowest BCUT2D eigenvalue weighted by molar-refractivity contribution is -0.745. The number of aryl methyl sites for hydroxylation is 1. The Balaban J connectivity index is 0.843. The number of anilines is 2. The number of nitrogens with zero attached hydrogens (tertiary/aromatic N) is 5. The zero-order valence-electron chi connectivity index (χ0n) is 46.0. The number of amides is 3. The average Bonchev–Trinajstić information content (AvgIpc) is 3.97. The summed E-state index contributed by atoms with van der Waals surface area (Å²) < 4.78 is 68.5. The number of nitrogens with one attached hydrogen (secondary N) is 4. The highest BCUT2D eigenvalue weighted by Gasteiger charge is 2.52. The number of phosphoric ester groups is 1. The van der Waals surface area contributed by atoms with E-state index in [1.807, 2.05) is 24.3 Å². The second-order valence-electron chi connectivity index (χ2n) is 22.2. The van der Waals surface area contributed by atoms with E-state index in [0.29, 0.717) is 17.1 Å². The van der Waals surface area contributed by atoms with E-state index < -0.39 is 72.2 Å². The van der Waals surface area contributed by atoms with Gasteiger partial charge in [-0.3, -0.25) is 33.5 Å². The summed E-state index contributed by atoms with van der Waals surface area (Å²) in [6.07, 6.45) is -4.77. The minimum Gasteiger partial charge on any atom is -0.456 e. The molecule has 0 aliphatic carbocycles. The first-order valence-electron chi connectivity index (χ1n) is 26.1. The van der Waals surface area contributed by atoms with Crippen molar-refractivity contribution >= 4 is 69.7 Å². The molecule has 3 amide bonds. The maximum Gasteiger partial charge on any atom is 0.490 e. The molecule has 5 aromatic rings. The standard InChI is InChI=1S/C51H65N10O18P3/c1-26-22-50(3,4)57-34-20-36-32(18-30(26)34)40(33-19-31-27(2)23-51(5,6)58-35(31)21-37(33)75-36)28-12-9-10-13-29(28)46(65)59(7)17-11-14-39(62)53-15-16-54-49(66)77-43-38(24-74-81(70,71)79-82(72,73)78-80(67,68)69)76-47(42(43)63)61-25-60(8)41-44(61)55-48(52)56-45(41)64/h9-10,12-13,18-21,25-27,38,42-43,47,63H,11,14-17,22-24H2,1-8H3,(H9-,52,53,54,55,56,57,58,62,64,66,67,68,69,70,71,72,73)/p+1/t26?,27?,38-,42-,43-,47-/m1/s1. The van der Waals surface area contributed by atoms with E-state index in [9.17, 15) is 47.8 Å². The minimum absolute atomic E-state index is 0.000943. The van der Waals surface area contributed by atoms with Crippen LogP contribution in [0.1, 0.15) is 118 Å². The molecule has 0 radical (unpaired) electrons. The Morgan fingerprint density at radius 3 is 2.38 bits per heavy atom. The number of fused-ring (bicyclic) bond motifs is 5. The minimum atomic E-state index is -5.93. The summed E-state index contributed by atoms with van der Waals surface area (Å²) in [7, 11) is -14.3. The largest absolute Gasteiger partial charge is 0.490 e. The number of rotatable bonds is 18. The van der Waals surface area contributed by atoms with Crippen LogP contribution in [0.2, 0.25) is 0 Å². The van der Waals surface area contributed by atoms with E-state index in [0.717, 1.165) is 61.5 Å². The molecule has 4 unspecified atom stereocenters. The normalized spacial score (nSPS) is 22.8. The predicted octanol–water partition coefficient (Wildman–Crippen LogP) is 3.45. The van der Waals surface area contributed by atoms with Gasteiger partial charge in [0.15, 0.2) is 18.5 Å². The van der Waals surface area contributed by atoms with Crippen molar-refractivity contribution in [3.05, 3.63) is 104 Å². The first kappa shape index (κ1) is 60.2. The van der Waals surface area contributed by atoms with E-state index >= 15 is 0 Å². The third-order valence-corrected chi connectivity index (χ3v) is 18.2. The molecular formula is C51H66N10O18P3+. The number of alkyl carbamates (subject to hydrolysis) is 1. The number of carbonyl (C=O) groups excluding carboxylic acids is 3. The molecule has 6 heterocycles. The van der Waals surface area contributed by atoms with Gasteiger partial charge in [0.25, 0.3) is 17.4 Å². The molecule has 0 saturated carbocycles. The van der Waals surface area contributed by atoms with Gasteiger partial charge in [-0.2, -0.15) is 8.62 Å². The van der Waals surface area contributed by atoms with Gasteiger partial charge in [0.1, 0.15) is 17.6 Å². The number of nitrogens with two attached hydrogens (primary N) is 1. The van der Waals surface area contributed by atoms with Crippen LogP contribution in [0.5, 0.6) is 11.5 Å². The molecule has 9 rings (SSSR count). The van der Waals surface area contributed by atoms with Crippen molar-refractivity contribution in [2.24, 2.45) is 12.0 Å². The fourth-order valence-corrected chi connectivity index (χ4v) is 14.3. The lowest BCUT2D eigenvalue weighted by atomic mass is 9.79. The highest BCUT2D eigenvalue weighted by molar-refractivity contribution is 7.66. The van der Waals surface area contributed by atoms with Gasteiger partial charge in [-0.25, -0.2) is 23.1 Å². The molecular weight excluding hydrogens is 1130 g/mol. The van der Waals surface area contributed by atoms with Crippen LogP contribution < -0.4 is 47.1 Å². The second kappa shape index (κ2) is 22.7. The SMILES string of the molecule is CC1CC(C)(C)Nc2cc3c(cc21)C(c1ccccc1C(=O)N(C)CCCC(=O)NCCNC(=O)O[C@H]1[C@@H](O)[C@H]([n+]2cn(C)c4c(=O)[nH]c(N)nc42)O[C@@H]1COP(=O)(O)OP(=O)(O)OP(=O)(O)O)=c1cc2c(cc1O3)=NC(C)(C)CC2C. The molecule has 28 nitrogen and oxygen atoms in total. The Hall–Kier alpha value is -6.38. The monoisotopic (exact) mass is 1200 g/mol. The van der Waals surface area contributed by atoms with Gasteiger partial charge in [0, 0.05) is 78.4 Å². The van der Waals surface area contributed by atoms with Crippen molar-refractivity contribution in [1.82, 2.24) is 30.1 Å². The van der Waals surface area contributed by atoms with Crippen LogP contribution in [0.4, 0.5) is 16.4 Å². The van der Waals surface area contributed by atoms with E-state index in [1.165, 1.54) is 17.9 Å². The molecule has 1 saturated heterocycles. The quantitative estimate of drug-likeness (QED) is 0.0335. The van der Waals surface area contributed by atoms with Gasteiger partial charge in [-0.1, -0.05) is 37.0 Å². The Labute approximate surface area is 469 Å². The number of H-pyrrole nitrogens is 1. The molecule has 2 aromatic heterocycles. The zero-order chi connectivity index (χ0) is 59.6. The van der Waals surface area contributed by atoms with Crippen molar-refractivity contribution in [2.75, 3.05) is 44.3 Å². The number of carbonyl (C=O) groups is 3. The number of nitrogen functional groups attached to an aromatic ring is 1. The molecule has 1 fully saturated rings. The maximum absolute atomic E-state index is 14.6. The number of hydrogen-bond donors (Lipinski definition) is 10. The van der Waals surface area contributed by atoms with Gasteiger partial charge in [-0.15, -0.1) is 0 Å². The molecule has 4 aliphatic heterocycles. The Morgan fingerprint density at radius 2 is 1.65 bits per heavy atom. The summed E-state index contributed by atoms with van der Waals surface area (Å²) in [5.74, 6) is 0.781. The van der Waals surface area contributed by atoms with E-state index in [4.69, 9.17) is 39.2 Å². The van der Waals surface area contributed by atoms with Gasteiger partial charge in [-0.05, 0) is 93.7 Å². The van der Waals surface area contributed by atoms with E-state index in [2.05, 4.69) is 94.3 Å². The third kappa shape index (κ3) is 13.2. The first-order chi connectivity index (χ1) is 38.3. The summed E-state index contributed by atoms with van der Waals surface area (Å²) in [4.78, 5) is 104. The molecule has 31 heteroatoms. The lowest BCUT2D eigenvalue weighted by Gasteiger charge is -2.38. The second-order valence-corrected chi connectivity index (χ2v) is 26.6. The number of benzene rings is 3. The Bertz CT molecular complexity index is 3740. The van der Waals surface area contributed by atoms with Crippen molar-refractivity contribution in [2.45, 2.75) is 115 Å². The van der Waals surface area contributed by atoms with Gasteiger partial charge < -0.3 is 65.5 Å². The smallest absolute Gasteiger partial charge is 0.456 e. The number of imidazole rings is 1. The zero-order valence-corrected chi connectivity index (χ0v) is 48.7. The number of phosphoric acid groups is 3. The molecule has 3 aromatic carbocycles. The number of aromatic nitrogens is 4. The molecule has 0 spiro atoms. The van der Waals surface area contributed by atoms with Gasteiger partial charge in [0.05, 0.1) is 24.6 Å². The Kier molecular flexibility index (Phi) is 16.6. The van der Waals surface area contributed by atoms with Gasteiger partial charge >= 0.3 is 35.2 Å². The number of aliphatic hydroxyl groups excluding tert-OH is 1. The lowest BCUT2D eigenvalue weighted by Crippen LogP contribution is -2.47. The summed E-state index contributed by atoms with van der Waals surface area (Å²) >= 11 is 0. The molecule has 11 N–H and O–H groups in total. The van der Waals surface area contributed by atoms with E-state index in [-0.39, 0.29) is 78.4 Å². The van der Waals surface area contributed by atoms with Gasteiger partial charge in [0.2, 0.25) is 17.7 Å². The Morgan fingerprint density at radius 1 is 0.939 bits per heavy atom. The molecule has 442 valence electrons. The summed E-state index contributed by atoms with van der Waals surface area (Å²) in [6, 6.07) is 15.9. The summed E-state index contributed by atoms with van der Waals surface area (Å²) in [5.41, 5.74) is 10.8. The van der Waals surface area contributed by atoms with Crippen LogP contribution in [-0.4, -0.2) is 125 Å². The van der Waals surface area contributed by atoms with Crippen LogP contribution >= 0.6 is 23.5 Å². The van der Waals surface area contributed by atoms with Crippen molar-refractivity contribution in [1.29, 1.82) is 0 Å². The predicted molar refractivity (Wildman–Crippen MR) is 293 cm³/mol. The maximum atomic E-state index is 14.6. The van der Waals surface area contributed by atoms with Crippen LogP contribution in [0, 0.1) is 0 Å². The molecule has 0 bridgehead atoms. The van der Waals surface area contributed by atoms with Crippen LogP contribution in [0.3, 0.4) is 0 Å². The number of ether oxygens (including phenoxy) is 3. The topological polar surface area (TPSA) is 391 Å². The van der Waals surface area contributed by atoms with Crippen molar-refractivity contribution in [3.63, 3.8) is 0 Å². The number of aliphatic hydroxyl groups is 1. The summed E-state index contributed by atoms with van der Waals surface area (Å²) in [6.45, 7) is 11.8. The summed E-state index contributed by atoms with van der Waals surface area (Å²) in [5, 5.41) is 22.0. The highest BCUT2D eigenvalue weighted by Crippen LogP contribution is 2.66. The number of aromatic amines is 1. The van der Waals surface area contributed by atoms with Crippen LogP contribution in [0.15, 0.2) is 64.6 Å². The molecule has 4 aliphatic rings. The third-order valence-electron chi connectivity index (χ3n) is 14.4. The van der Waals surface area contributed by atoms with E-state index in [1.54, 1.807) is 18.0 Å². The fraction of sp³-hybridized carbons (Fsp3) is 0.471. The van der Waals surface area contributed by atoms with Crippen molar-refractivity contribution in [3.8, 4) is 11.5 Å². The highest BCUT2D eigenvalue weighted by atomic mass is 31.3. The van der Waals surface area contributed by atoms with Crippen LogP contribution in [-0.2, 0) is 48.2 Å². The molecule has 82 heavy (non-hydrogen) atoms.